The van der Waals surface area contributed by atoms with Crippen molar-refractivity contribution in [2.45, 2.75) is 26.3 Å². The first-order valence-electron chi connectivity index (χ1n) is 5.27. The summed E-state index contributed by atoms with van der Waals surface area (Å²) in [6.07, 6.45) is 0.844. The molecule has 15 heavy (non-hydrogen) atoms. The Kier molecular flexibility index (Phi) is 2.69. The zero-order valence-electron chi connectivity index (χ0n) is 9.20. The van der Waals surface area contributed by atoms with Crippen molar-refractivity contribution in [1.82, 2.24) is 4.98 Å². The first kappa shape index (κ1) is 10.1. The van der Waals surface area contributed by atoms with Crippen LogP contribution < -0.4 is 5.73 Å². The summed E-state index contributed by atoms with van der Waals surface area (Å²) in [5.41, 5.74) is 9.19. The van der Waals surface area contributed by atoms with E-state index in [0.717, 1.165) is 17.6 Å². The largest absolute Gasteiger partial charge is 0.328 e. The van der Waals surface area contributed by atoms with E-state index in [4.69, 9.17) is 5.73 Å². The maximum atomic E-state index is 5.80. The van der Waals surface area contributed by atoms with Crippen LogP contribution in [0.1, 0.15) is 18.2 Å². The Morgan fingerprint density at radius 1 is 1.33 bits per heavy atom. The summed E-state index contributed by atoms with van der Waals surface area (Å²) in [7, 11) is 0. The Balaban J connectivity index is 2.52. The minimum atomic E-state index is 0.164. The van der Waals surface area contributed by atoms with E-state index in [2.05, 4.69) is 24.0 Å². The van der Waals surface area contributed by atoms with Crippen LogP contribution in [-0.2, 0) is 6.42 Å². The van der Waals surface area contributed by atoms with Crippen LogP contribution in [0.25, 0.3) is 10.9 Å². The van der Waals surface area contributed by atoms with Gasteiger partial charge in [0.25, 0.3) is 0 Å². The molecule has 0 saturated heterocycles. The van der Waals surface area contributed by atoms with E-state index < -0.39 is 0 Å². The smallest absolute Gasteiger partial charge is 0.0705 e. The highest BCUT2D eigenvalue weighted by Gasteiger charge is 2.05. The maximum absolute atomic E-state index is 5.80. The SMILES string of the molecule is Cc1cc2ccccc2nc1CC(C)N. The van der Waals surface area contributed by atoms with E-state index >= 15 is 0 Å². The molecule has 78 valence electrons. The molecule has 1 aromatic heterocycles. The van der Waals surface area contributed by atoms with Crippen molar-refractivity contribution in [3.8, 4) is 0 Å². The lowest BCUT2D eigenvalue weighted by Gasteiger charge is -2.09. The topological polar surface area (TPSA) is 38.9 Å². The lowest BCUT2D eigenvalue weighted by Crippen LogP contribution is -2.19. The number of para-hydroxylation sites is 1. The number of aromatic nitrogens is 1. The first-order chi connectivity index (χ1) is 7.16. The van der Waals surface area contributed by atoms with Gasteiger partial charge in [-0.25, -0.2) is 0 Å². The van der Waals surface area contributed by atoms with Gasteiger partial charge in [-0.05, 0) is 31.5 Å². The van der Waals surface area contributed by atoms with Crippen LogP contribution in [0.2, 0.25) is 0 Å². The number of nitrogens with zero attached hydrogens (tertiary/aromatic N) is 1. The molecule has 2 rings (SSSR count). The molecule has 0 radical (unpaired) electrons. The third-order valence-corrected chi connectivity index (χ3v) is 2.53. The highest BCUT2D eigenvalue weighted by atomic mass is 14.7. The van der Waals surface area contributed by atoms with Gasteiger partial charge in [0.05, 0.1) is 5.52 Å². The number of pyridine rings is 1. The predicted molar refractivity (Wildman–Crippen MR) is 63.8 cm³/mol. The molecule has 2 nitrogen and oxygen atoms in total. The molecule has 1 aromatic carbocycles. The van der Waals surface area contributed by atoms with Gasteiger partial charge in [-0.15, -0.1) is 0 Å². The van der Waals surface area contributed by atoms with Crippen molar-refractivity contribution in [3.05, 3.63) is 41.6 Å². The first-order valence-corrected chi connectivity index (χ1v) is 5.27. The quantitative estimate of drug-likeness (QED) is 0.808. The lowest BCUT2D eigenvalue weighted by molar-refractivity contribution is 0.720. The number of rotatable bonds is 2. The second-order valence-corrected chi connectivity index (χ2v) is 4.13. The highest BCUT2D eigenvalue weighted by Crippen LogP contribution is 2.16. The maximum Gasteiger partial charge on any atom is 0.0705 e. The Labute approximate surface area is 90.1 Å². The number of fused-ring (bicyclic) bond motifs is 1. The fourth-order valence-electron chi connectivity index (χ4n) is 1.77. The molecule has 0 amide bonds. The van der Waals surface area contributed by atoms with Gasteiger partial charge in [-0.3, -0.25) is 4.98 Å². The second kappa shape index (κ2) is 3.99. The van der Waals surface area contributed by atoms with Gasteiger partial charge in [-0.2, -0.15) is 0 Å². The monoisotopic (exact) mass is 200 g/mol. The molecular weight excluding hydrogens is 184 g/mol. The molecule has 1 heterocycles. The molecule has 0 spiro atoms. The van der Waals surface area contributed by atoms with Crippen LogP contribution in [0.15, 0.2) is 30.3 Å². The molecule has 0 aliphatic rings. The Morgan fingerprint density at radius 3 is 2.80 bits per heavy atom. The number of hydrogen-bond acceptors (Lipinski definition) is 2. The minimum Gasteiger partial charge on any atom is -0.328 e. The number of benzene rings is 1. The number of aryl methyl sites for hydroxylation is 1. The third-order valence-electron chi connectivity index (χ3n) is 2.53. The van der Waals surface area contributed by atoms with Gasteiger partial charge in [0, 0.05) is 23.5 Å². The van der Waals surface area contributed by atoms with Crippen molar-refractivity contribution >= 4 is 10.9 Å². The molecule has 0 saturated carbocycles. The summed E-state index contributed by atoms with van der Waals surface area (Å²) in [6.45, 7) is 4.10. The molecule has 0 fully saturated rings. The fraction of sp³-hybridized carbons (Fsp3) is 0.308. The van der Waals surface area contributed by atoms with Crippen LogP contribution in [0, 0.1) is 6.92 Å². The summed E-state index contributed by atoms with van der Waals surface area (Å²) in [6, 6.07) is 10.5. The molecular formula is C13H16N2. The Morgan fingerprint density at radius 2 is 2.07 bits per heavy atom. The highest BCUT2D eigenvalue weighted by molar-refractivity contribution is 5.79. The van der Waals surface area contributed by atoms with Crippen LogP contribution in [0.5, 0.6) is 0 Å². The lowest BCUT2D eigenvalue weighted by atomic mass is 10.1. The van der Waals surface area contributed by atoms with Crippen LogP contribution in [0.4, 0.5) is 0 Å². The normalized spacial score (nSPS) is 13.0. The van der Waals surface area contributed by atoms with E-state index in [0.29, 0.717) is 0 Å². The van der Waals surface area contributed by atoms with Gasteiger partial charge < -0.3 is 5.73 Å². The molecule has 0 aliphatic carbocycles. The standard InChI is InChI=1S/C13H16N2/c1-9-7-11-5-3-4-6-12(11)15-13(9)8-10(2)14/h3-7,10H,8,14H2,1-2H3. The average Bonchev–Trinajstić information content (AvgIpc) is 2.18. The summed E-state index contributed by atoms with van der Waals surface area (Å²) in [5.74, 6) is 0. The Hall–Kier alpha value is -1.41. The molecule has 0 bridgehead atoms. The summed E-state index contributed by atoms with van der Waals surface area (Å²) < 4.78 is 0. The number of nitrogens with two attached hydrogens (primary N) is 1. The molecule has 0 aliphatic heterocycles. The van der Waals surface area contributed by atoms with E-state index in [-0.39, 0.29) is 6.04 Å². The van der Waals surface area contributed by atoms with E-state index in [1.165, 1.54) is 10.9 Å². The van der Waals surface area contributed by atoms with E-state index in [1.807, 2.05) is 25.1 Å². The van der Waals surface area contributed by atoms with Crippen LogP contribution >= 0.6 is 0 Å². The van der Waals surface area contributed by atoms with E-state index in [1.54, 1.807) is 0 Å². The van der Waals surface area contributed by atoms with Crippen molar-refractivity contribution in [2.75, 3.05) is 0 Å². The Bertz CT molecular complexity index is 475. The van der Waals surface area contributed by atoms with Gasteiger partial charge in [0.15, 0.2) is 0 Å². The molecule has 1 unspecified atom stereocenters. The molecule has 2 heteroatoms. The van der Waals surface area contributed by atoms with Gasteiger partial charge >= 0.3 is 0 Å². The van der Waals surface area contributed by atoms with Crippen molar-refractivity contribution in [3.63, 3.8) is 0 Å². The number of hydrogen-bond donors (Lipinski definition) is 1. The third kappa shape index (κ3) is 2.16. The summed E-state index contributed by atoms with van der Waals surface area (Å²) in [5, 5.41) is 1.20. The molecule has 2 aromatic rings. The second-order valence-electron chi connectivity index (χ2n) is 4.13. The predicted octanol–water partition coefficient (Wildman–Crippen LogP) is 2.43. The van der Waals surface area contributed by atoms with Crippen molar-refractivity contribution < 1.29 is 0 Å². The van der Waals surface area contributed by atoms with Gasteiger partial charge in [-0.1, -0.05) is 18.2 Å². The van der Waals surface area contributed by atoms with Gasteiger partial charge in [0.2, 0.25) is 0 Å². The minimum absolute atomic E-state index is 0.164. The van der Waals surface area contributed by atoms with Crippen molar-refractivity contribution in [2.24, 2.45) is 5.73 Å². The van der Waals surface area contributed by atoms with E-state index in [9.17, 15) is 0 Å². The zero-order valence-corrected chi connectivity index (χ0v) is 9.20. The van der Waals surface area contributed by atoms with Crippen LogP contribution in [-0.4, -0.2) is 11.0 Å². The average molecular weight is 200 g/mol. The summed E-state index contributed by atoms with van der Waals surface area (Å²) >= 11 is 0. The molecule has 2 N–H and O–H groups in total. The van der Waals surface area contributed by atoms with Gasteiger partial charge in [0.1, 0.15) is 0 Å². The van der Waals surface area contributed by atoms with Crippen molar-refractivity contribution in [1.29, 1.82) is 0 Å². The zero-order chi connectivity index (χ0) is 10.8. The fourth-order valence-corrected chi connectivity index (χ4v) is 1.77. The van der Waals surface area contributed by atoms with Crippen LogP contribution in [0.3, 0.4) is 0 Å². The molecule has 1 atom stereocenters. The summed E-state index contributed by atoms with van der Waals surface area (Å²) in [4.78, 5) is 4.63.